The first-order chi connectivity index (χ1) is 4.74. The van der Waals surface area contributed by atoms with Gasteiger partial charge in [0.1, 0.15) is 0 Å². The van der Waals surface area contributed by atoms with Gasteiger partial charge in [0.2, 0.25) is 0 Å². The Bertz CT molecular complexity index is 136. The zero-order chi connectivity index (χ0) is 7.56. The van der Waals surface area contributed by atoms with Crippen LogP contribution in [0.15, 0.2) is 0 Å². The highest BCUT2D eigenvalue weighted by atomic mass is 35.5. The lowest BCUT2D eigenvalue weighted by Gasteiger charge is -2.11. The van der Waals surface area contributed by atoms with Crippen LogP contribution in [0.4, 0.5) is 0 Å². The number of nitrogens with one attached hydrogen (secondary N) is 2. The molecule has 1 heterocycles. The van der Waals surface area contributed by atoms with E-state index in [0.29, 0.717) is 6.04 Å². The Balaban J connectivity index is 0.000001000. The minimum absolute atomic E-state index is 0. The Labute approximate surface area is 74.7 Å². The van der Waals surface area contributed by atoms with E-state index >= 15 is 0 Å². The van der Waals surface area contributed by atoms with Crippen LogP contribution in [0, 0.1) is 11.3 Å². The van der Waals surface area contributed by atoms with E-state index in [0.717, 1.165) is 18.2 Å². The Hall–Kier alpha value is -0.240. The van der Waals surface area contributed by atoms with E-state index in [1.54, 1.807) is 0 Å². The van der Waals surface area contributed by atoms with Crippen LogP contribution in [0.5, 0.6) is 0 Å². The van der Waals surface area contributed by atoms with E-state index in [1.165, 1.54) is 12.8 Å². The highest BCUT2D eigenvalue weighted by Gasteiger charge is 2.24. The van der Waals surface area contributed by atoms with Crippen LogP contribution < -0.4 is 5.32 Å². The average Bonchev–Trinajstić information content (AvgIpc) is 2.13. The fourth-order valence-corrected chi connectivity index (χ4v) is 1.61. The maximum absolute atomic E-state index is 7.38. The first-order valence-electron chi connectivity index (χ1n) is 4.08. The quantitative estimate of drug-likeness (QED) is 0.665. The van der Waals surface area contributed by atoms with Crippen molar-refractivity contribution < 1.29 is 0 Å². The van der Waals surface area contributed by atoms with E-state index in [1.807, 2.05) is 0 Å². The van der Waals surface area contributed by atoms with Gasteiger partial charge in [0.05, 0.1) is 5.84 Å². The molecule has 0 aromatic carbocycles. The summed E-state index contributed by atoms with van der Waals surface area (Å²) < 4.78 is 0. The van der Waals surface area contributed by atoms with Crippen molar-refractivity contribution in [1.82, 2.24) is 5.32 Å². The molecule has 66 valence electrons. The third kappa shape index (κ3) is 2.70. The van der Waals surface area contributed by atoms with Crippen molar-refractivity contribution in [3.63, 3.8) is 0 Å². The van der Waals surface area contributed by atoms with Gasteiger partial charge in [-0.1, -0.05) is 13.3 Å². The Kier molecular flexibility index (Phi) is 4.50. The summed E-state index contributed by atoms with van der Waals surface area (Å²) in [5, 5.41) is 10.5. The summed E-state index contributed by atoms with van der Waals surface area (Å²) in [6.45, 7) is 4.37. The molecular formula is C8H17ClN2. The minimum Gasteiger partial charge on any atom is -0.371 e. The van der Waals surface area contributed by atoms with E-state index < -0.39 is 0 Å². The predicted molar refractivity (Wildman–Crippen MR) is 50.6 cm³/mol. The molecule has 0 amide bonds. The lowest BCUT2D eigenvalue weighted by Crippen LogP contribution is -2.24. The molecule has 1 aliphatic heterocycles. The number of amidine groups is 1. The molecule has 0 saturated carbocycles. The van der Waals surface area contributed by atoms with Gasteiger partial charge in [-0.3, -0.25) is 5.41 Å². The maximum Gasteiger partial charge on any atom is 0.0937 e. The Morgan fingerprint density at radius 1 is 1.64 bits per heavy atom. The lowest BCUT2D eigenvalue weighted by molar-refractivity contribution is 0.439. The zero-order valence-corrected chi connectivity index (χ0v) is 8.00. The molecule has 2 atom stereocenters. The second kappa shape index (κ2) is 4.60. The van der Waals surface area contributed by atoms with Crippen molar-refractivity contribution in [2.75, 3.05) is 0 Å². The highest BCUT2D eigenvalue weighted by Crippen LogP contribution is 2.20. The van der Waals surface area contributed by atoms with E-state index in [-0.39, 0.29) is 12.4 Å². The van der Waals surface area contributed by atoms with Crippen LogP contribution in [-0.4, -0.2) is 11.9 Å². The van der Waals surface area contributed by atoms with Crippen LogP contribution >= 0.6 is 12.4 Å². The summed E-state index contributed by atoms with van der Waals surface area (Å²) in [6, 6.07) is 0.535. The topological polar surface area (TPSA) is 35.9 Å². The molecule has 0 radical (unpaired) electrons. The van der Waals surface area contributed by atoms with Crippen molar-refractivity contribution in [2.24, 2.45) is 5.92 Å². The fraction of sp³-hybridized carbons (Fsp3) is 0.875. The lowest BCUT2D eigenvalue weighted by atomic mass is 9.97. The molecule has 0 spiro atoms. The summed E-state index contributed by atoms with van der Waals surface area (Å²) in [4.78, 5) is 0. The highest BCUT2D eigenvalue weighted by molar-refractivity contribution is 5.85. The third-order valence-corrected chi connectivity index (χ3v) is 2.23. The molecule has 0 aliphatic carbocycles. The van der Waals surface area contributed by atoms with Crippen molar-refractivity contribution in [3.05, 3.63) is 0 Å². The molecule has 1 saturated heterocycles. The van der Waals surface area contributed by atoms with Gasteiger partial charge in [-0.2, -0.15) is 0 Å². The van der Waals surface area contributed by atoms with Crippen LogP contribution in [0.25, 0.3) is 0 Å². The molecule has 3 heteroatoms. The summed E-state index contributed by atoms with van der Waals surface area (Å²) >= 11 is 0. The number of rotatable bonds is 2. The Morgan fingerprint density at radius 3 is 2.64 bits per heavy atom. The summed E-state index contributed by atoms with van der Waals surface area (Å²) in [5.41, 5.74) is 0. The number of hydrogen-bond acceptors (Lipinski definition) is 1. The van der Waals surface area contributed by atoms with Crippen LogP contribution in [0.1, 0.15) is 33.1 Å². The second-order valence-electron chi connectivity index (χ2n) is 3.16. The van der Waals surface area contributed by atoms with Crippen LogP contribution in [-0.2, 0) is 0 Å². The molecule has 11 heavy (non-hydrogen) atoms. The standard InChI is InChI=1S/C8H16N2.ClH/c1-3-4-7-5-8(9)10-6(7)2;/h6-7H,3-5H2,1-2H3,(H2,9,10);1H. The Morgan fingerprint density at radius 2 is 2.27 bits per heavy atom. The first-order valence-corrected chi connectivity index (χ1v) is 4.08. The van der Waals surface area contributed by atoms with Crippen molar-refractivity contribution in [1.29, 1.82) is 5.41 Å². The molecular weight excluding hydrogens is 160 g/mol. The third-order valence-electron chi connectivity index (χ3n) is 2.23. The summed E-state index contributed by atoms with van der Waals surface area (Å²) in [5.74, 6) is 1.45. The van der Waals surface area contributed by atoms with E-state index in [2.05, 4.69) is 19.2 Å². The predicted octanol–water partition coefficient (Wildman–Crippen LogP) is 2.18. The molecule has 0 aromatic rings. The molecule has 0 bridgehead atoms. The van der Waals surface area contributed by atoms with E-state index in [4.69, 9.17) is 5.41 Å². The monoisotopic (exact) mass is 176 g/mol. The molecule has 2 N–H and O–H groups in total. The normalized spacial score (nSPS) is 29.5. The van der Waals surface area contributed by atoms with Gasteiger partial charge < -0.3 is 5.32 Å². The largest absolute Gasteiger partial charge is 0.371 e. The van der Waals surface area contributed by atoms with Crippen molar-refractivity contribution in [3.8, 4) is 0 Å². The maximum atomic E-state index is 7.38. The molecule has 2 unspecified atom stereocenters. The fourth-order valence-electron chi connectivity index (χ4n) is 1.61. The van der Waals surface area contributed by atoms with Crippen molar-refractivity contribution in [2.45, 2.75) is 39.2 Å². The van der Waals surface area contributed by atoms with Crippen LogP contribution in [0.3, 0.4) is 0 Å². The van der Waals surface area contributed by atoms with Crippen LogP contribution in [0.2, 0.25) is 0 Å². The SMILES string of the molecule is CCCC1CC(=N)NC1C.Cl. The molecule has 2 nitrogen and oxygen atoms in total. The van der Waals surface area contributed by atoms with Gasteiger partial charge >= 0.3 is 0 Å². The molecule has 0 aromatic heterocycles. The molecule has 1 aliphatic rings. The van der Waals surface area contributed by atoms with Gasteiger partial charge in [0.15, 0.2) is 0 Å². The zero-order valence-electron chi connectivity index (χ0n) is 7.18. The van der Waals surface area contributed by atoms with Crippen molar-refractivity contribution >= 4 is 18.2 Å². The summed E-state index contributed by atoms with van der Waals surface area (Å²) in [7, 11) is 0. The first kappa shape index (κ1) is 10.8. The van der Waals surface area contributed by atoms with Gasteiger partial charge in [-0.05, 0) is 19.3 Å². The number of halogens is 1. The van der Waals surface area contributed by atoms with Gasteiger partial charge in [-0.25, -0.2) is 0 Å². The van der Waals surface area contributed by atoms with Gasteiger partial charge in [-0.15, -0.1) is 12.4 Å². The molecule has 1 fully saturated rings. The molecule has 1 rings (SSSR count). The van der Waals surface area contributed by atoms with E-state index in [9.17, 15) is 0 Å². The minimum atomic E-state index is 0. The van der Waals surface area contributed by atoms with Gasteiger partial charge in [0, 0.05) is 12.5 Å². The summed E-state index contributed by atoms with van der Waals surface area (Å²) in [6.07, 6.45) is 3.47. The second-order valence-corrected chi connectivity index (χ2v) is 3.16. The van der Waals surface area contributed by atoms with Gasteiger partial charge in [0.25, 0.3) is 0 Å². The average molecular weight is 177 g/mol. The smallest absolute Gasteiger partial charge is 0.0937 e. The number of hydrogen-bond donors (Lipinski definition) is 2.